The van der Waals surface area contributed by atoms with Gasteiger partial charge in [0.1, 0.15) is 5.46 Å². The predicted molar refractivity (Wildman–Crippen MR) is 54.3 cm³/mol. The summed E-state index contributed by atoms with van der Waals surface area (Å²) in [6, 6.07) is 2.09. The molecule has 84 valence electrons. The maximum absolute atomic E-state index is 10.6. The smallest absolute Gasteiger partial charge is 0.423 e. The van der Waals surface area contributed by atoms with Crippen LogP contribution in [-0.4, -0.2) is 27.0 Å². The van der Waals surface area contributed by atoms with Crippen molar-refractivity contribution >= 4 is 24.0 Å². The molecule has 1 rings (SSSR count). The topological polar surface area (TPSA) is 127 Å². The Labute approximate surface area is 89.6 Å². The second-order valence-electron chi connectivity index (χ2n) is 3.10. The fraction of sp³-hybridized carbons (Fsp3) is 0.143. The molecule has 8 nitrogen and oxygen atoms in total. The van der Waals surface area contributed by atoms with Gasteiger partial charge >= 0.3 is 7.12 Å². The highest BCUT2D eigenvalue weighted by Gasteiger charge is 2.33. The maximum Gasteiger partial charge on any atom is 0.502 e. The van der Waals surface area contributed by atoms with Gasteiger partial charge in [-0.15, -0.1) is 0 Å². The highest BCUT2D eigenvalue weighted by molar-refractivity contribution is 6.61. The summed E-state index contributed by atoms with van der Waals surface area (Å²) in [6.07, 6.45) is 0. The highest BCUT2D eigenvalue weighted by atomic mass is 16.6. The first-order valence-electron chi connectivity index (χ1n) is 4.14. The maximum atomic E-state index is 10.6. The van der Waals surface area contributed by atoms with Crippen molar-refractivity contribution in [2.24, 2.45) is 0 Å². The molecule has 0 heterocycles. The minimum absolute atomic E-state index is 0.294. The number of nitrogens with zero attached hydrogens (tertiary/aromatic N) is 2. The summed E-state index contributed by atoms with van der Waals surface area (Å²) >= 11 is 0. The van der Waals surface area contributed by atoms with Gasteiger partial charge in [-0.05, 0) is 12.5 Å². The molecule has 0 aliphatic carbocycles. The lowest BCUT2D eigenvalue weighted by Crippen LogP contribution is -2.34. The van der Waals surface area contributed by atoms with Crippen LogP contribution >= 0.6 is 0 Å². The average molecular weight is 226 g/mol. The summed E-state index contributed by atoms with van der Waals surface area (Å²) in [7, 11) is -2.26. The third kappa shape index (κ3) is 2.15. The van der Waals surface area contributed by atoms with Crippen molar-refractivity contribution in [3.05, 3.63) is 37.9 Å². The molecule has 16 heavy (non-hydrogen) atoms. The molecular weight excluding hydrogens is 219 g/mol. The van der Waals surface area contributed by atoms with E-state index in [0.29, 0.717) is 5.56 Å². The van der Waals surface area contributed by atoms with E-state index in [-0.39, 0.29) is 0 Å². The molecule has 0 unspecified atom stereocenters. The third-order valence-electron chi connectivity index (χ3n) is 1.93. The lowest BCUT2D eigenvalue weighted by molar-refractivity contribution is -0.392. The molecule has 0 fully saturated rings. The van der Waals surface area contributed by atoms with Crippen LogP contribution in [0.1, 0.15) is 5.56 Å². The zero-order chi connectivity index (χ0) is 12.5. The zero-order valence-electron chi connectivity index (χ0n) is 8.15. The lowest BCUT2D eigenvalue weighted by Gasteiger charge is -2.04. The van der Waals surface area contributed by atoms with Gasteiger partial charge < -0.3 is 10.0 Å². The first kappa shape index (κ1) is 12.1. The molecule has 0 spiro atoms. The fourth-order valence-electron chi connectivity index (χ4n) is 1.33. The van der Waals surface area contributed by atoms with Crippen molar-refractivity contribution in [2.75, 3.05) is 0 Å². The number of nitro groups is 2. The van der Waals surface area contributed by atoms with Gasteiger partial charge in [-0.1, -0.05) is 0 Å². The molecular formula is C7H7BN2O6. The molecule has 9 heteroatoms. The Balaban J connectivity index is 3.60. The first-order valence-corrected chi connectivity index (χ1v) is 4.14. The standard InChI is InChI=1S/C7H7BN2O6/c1-4-2-5(9(13)14)7(8(11)12)6(3-4)10(15)16/h2-3,11-12H,1H3. The Kier molecular flexibility index (Phi) is 3.21. The van der Waals surface area contributed by atoms with Gasteiger partial charge in [0.05, 0.1) is 9.85 Å². The van der Waals surface area contributed by atoms with Gasteiger partial charge in [-0.2, -0.15) is 0 Å². The van der Waals surface area contributed by atoms with Crippen LogP contribution in [0.2, 0.25) is 0 Å². The molecule has 0 radical (unpaired) electrons. The number of nitro benzene ring substituents is 2. The van der Waals surface area contributed by atoms with E-state index in [9.17, 15) is 20.2 Å². The Morgan fingerprint density at radius 2 is 1.50 bits per heavy atom. The summed E-state index contributed by atoms with van der Waals surface area (Å²) in [5.41, 5.74) is -1.77. The normalized spacial score (nSPS) is 9.94. The molecule has 1 aromatic rings. The summed E-state index contributed by atoms with van der Waals surface area (Å²) in [5, 5.41) is 39.1. The molecule has 0 aliphatic heterocycles. The van der Waals surface area contributed by atoms with Gasteiger partial charge in [0, 0.05) is 12.1 Å². The second kappa shape index (κ2) is 4.25. The third-order valence-corrected chi connectivity index (χ3v) is 1.93. The molecule has 2 N–H and O–H groups in total. The predicted octanol–water partition coefficient (Wildman–Crippen LogP) is -0.509. The van der Waals surface area contributed by atoms with Crippen molar-refractivity contribution in [1.29, 1.82) is 0 Å². The summed E-state index contributed by atoms with van der Waals surface area (Å²) < 4.78 is 0. The quantitative estimate of drug-likeness (QED) is 0.406. The number of hydrogen-bond acceptors (Lipinski definition) is 6. The zero-order valence-corrected chi connectivity index (χ0v) is 8.15. The summed E-state index contributed by atoms with van der Waals surface area (Å²) in [5.74, 6) is 0. The van der Waals surface area contributed by atoms with Crippen LogP contribution in [0, 0.1) is 27.2 Å². The van der Waals surface area contributed by atoms with Gasteiger partial charge in [-0.3, -0.25) is 20.2 Å². The highest BCUT2D eigenvalue weighted by Crippen LogP contribution is 2.20. The van der Waals surface area contributed by atoms with E-state index in [0.717, 1.165) is 12.1 Å². The summed E-state index contributed by atoms with van der Waals surface area (Å²) in [6.45, 7) is 1.44. The first-order chi connectivity index (χ1) is 7.34. The van der Waals surface area contributed by atoms with Crippen LogP contribution in [-0.2, 0) is 0 Å². The molecule has 0 aliphatic rings. The average Bonchev–Trinajstić information content (AvgIpc) is 2.15. The SMILES string of the molecule is Cc1cc([N+](=O)[O-])c(B(O)O)c([N+](=O)[O-])c1. The Hall–Kier alpha value is -2.00. The minimum Gasteiger partial charge on any atom is -0.423 e. The number of hydrogen-bond donors (Lipinski definition) is 2. The van der Waals surface area contributed by atoms with Crippen molar-refractivity contribution < 1.29 is 19.9 Å². The minimum atomic E-state index is -2.26. The van der Waals surface area contributed by atoms with Gasteiger partial charge in [0.15, 0.2) is 0 Å². The largest absolute Gasteiger partial charge is 0.502 e. The van der Waals surface area contributed by atoms with Crippen LogP contribution in [0.15, 0.2) is 12.1 Å². The molecule has 0 saturated carbocycles. The summed E-state index contributed by atoms with van der Waals surface area (Å²) in [4.78, 5) is 19.4. The van der Waals surface area contributed by atoms with Crippen molar-refractivity contribution in [3.63, 3.8) is 0 Å². The van der Waals surface area contributed by atoms with Crippen molar-refractivity contribution in [1.82, 2.24) is 0 Å². The van der Waals surface area contributed by atoms with Crippen LogP contribution in [0.5, 0.6) is 0 Å². The molecule has 0 bridgehead atoms. The molecule has 0 saturated heterocycles. The fourth-order valence-corrected chi connectivity index (χ4v) is 1.33. The lowest BCUT2D eigenvalue weighted by atomic mass is 9.77. The van der Waals surface area contributed by atoms with Gasteiger partial charge in [-0.25, -0.2) is 0 Å². The van der Waals surface area contributed by atoms with E-state index in [4.69, 9.17) is 10.0 Å². The molecule has 0 amide bonds. The monoisotopic (exact) mass is 226 g/mol. The van der Waals surface area contributed by atoms with Crippen LogP contribution in [0.4, 0.5) is 11.4 Å². The van der Waals surface area contributed by atoms with Crippen LogP contribution in [0.3, 0.4) is 0 Å². The van der Waals surface area contributed by atoms with Crippen LogP contribution in [0.25, 0.3) is 0 Å². The number of benzene rings is 1. The van der Waals surface area contributed by atoms with E-state index >= 15 is 0 Å². The van der Waals surface area contributed by atoms with Crippen molar-refractivity contribution in [3.8, 4) is 0 Å². The molecule has 0 aromatic heterocycles. The number of aryl methyl sites for hydroxylation is 1. The Morgan fingerprint density at radius 3 is 1.75 bits per heavy atom. The molecule has 1 aromatic carbocycles. The van der Waals surface area contributed by atoms with Crippen LogP contribution < -0.4 is 5.46 Å². The van der Waals surface area contributed by atoms with E-state index in [2.05, 4.69) is 0 Å². The number of rotatable bonds is 3. The van der Waals surface area contributed by atoms with E-state index in [1.165, 1.54) is 6.92 Å². The second-order valence-corrected chi connectivity index (χ2v) is 3.10. The Bertz CT molecular complexity index is 425. The van der Waals surface area contributed by atoms with Crippen molar-refractivity contribution in [2.45, 2.75) is 6.92 Å². The van der Waals surface area contributed by atoms with E-state index < -0.39 is 33.8 Å². The van der Waals surface area contributed by atoms with Gasteiger partial charge in [0.25, 0.3) is 11.4 Å². The van der Waals surface area contributed by atoms with E-state index in [1.807, 2.05) is 0 Å². The van der Waals surface area contributed by atoms with Gasteiger partial charge in [0.2, 0.25) is 0 Å². The Morgan fingerprint density at radius 1 is 1.12 bits per heavy atom. The van der Waals surface area contributed by atoms with E-state index in [1.54, 1.807) is 0 Å². The molecule has 0 atom stereocenters.